The topological polar surface area (TPSA) is 64.3 Å². The zero-order valence-corrected chi connectivity index (χ0v) is 23.3. The molecule has 0 spiro atoms. The molecule has 194 valence electrons. The molecular weight excluding hydrogens is 477 g/mol. The van der Waals surface area contributed by atoms with Crippen molar-refractivity contribution >= 4 is 40.5 Å². The third-order valence-corrected chi connectivity index (χ3v) is 11.3. The first-order chi connectivity index (χ1) is 17.9. The Bertz CT molecular complexity index is 1400. The Morgan fingerprint density at radius 3 is 2.43 bits per heavy atom. The van der Waals surface area contributed by atoms with E-state index >= 15 is 0 Å². The van der Waals surface area contributed by atoms with Gasteiger partial charge in [0.1, 0.15) is 12.8 Å². The number of pyridine rings is 1. The molecule has 0 amide bonds. The van der Waals surface area contributed by atoms with E-state index in [0.717, 1.165) is 52.1 Å². The number of nitrogens with one attached hydrogen (secondary N) is 2. The molecule has 2 aromatic carbocycles. The average Bonchev–Trinajstić information content (AvgIpc) is 3.39. The molecule has 3 heterocycles. The number of para-hydroxylation sites is 1. The highest BCUT2D eigenvalue weighted by molar-refractivity contribution is 7.71. The first-order valence-electron chi connectivity index (χ1n) is 13.4. The van der Waals surface area contributed by atoms with E-state index in [1.54, 1.807) is 0 Å². The van der Waals surface area contributed by atoms with Crippen LogP contribution >= 0.6 is 7.14 Å². The zero-order chi connectivity index (χ0) is 26.0. The van der Waals surface area contributed by atoms with E-state index < -0.39 is 7.14 Å². The van der Waals surface area contributed by atoms with E-state index in [9.17, 15) is 4.57 Å². The van der Waals surface area contributed by atoms with Crippen molar-refractivity contribution in [3.63, 3.8) is 0 Å². The number of anilines is 3. The molecule has 2 aromatic heterocycles. The predicted octanol–water partition coefficient (Wildman–Crippen LogP) is 6.53. The highest BCUT2D eigenvalue weighted by Crippen LogP contribution is 2.46. The molecule has 4 aromatic rings. The Morgan fingerprint density at radius 1 is 1.03 bits per heavy atom. The predicted molar refractivity (Wildman–Crippen MR) is 158 cm³/mol. The van der Waals surface area contributed by atoms with Gasteiger partial charge >= 0.3 is 0 Å². The van der Waals surface area contributed by atoms with Gasteiger partial charge in [-0.15, -0.1) is 0 Å². The molecule has 0 saturated carbocycles. The van der Waals surface area contributed by atoms with Gasteiger partial charge < -0.3 is 24.7 Å². The Hall–Kier alpha value is -3.08. The summed E-state index contributed by atoms with van der Waals surface area (Å²) in [4.78, 5) is 12.9. The number of rotatable bonds is 8. The highest BCUT2D eigenvalue weighted by Gasteiger charge is 2.24. The maximum Gasteiger partial charge on any atom is 0.139 e. The maximum atomic E-state index is 13.5. The van der Waals surface area contributed by atoms with Crippen LogP contribution in [-0.2, 0) is 4.57 Å². The van der Waals surface area contributed by atoms with Gasteiger partial charge in [0.25, 0.3) is 0 Å². The summed E-state index contributed by atoms with van der Waals surface area (Å²) in [6.45, 7) is 6.34. The fraction of sp³-hybridized carbons (Fsp3) is 0.367. The second-order valence-electron chi connectivity index (χ2n) is 10.2. The summed E-state index contributed by atoms with van der Waals surface area (Å²) in [6.07, 6.45) is 5.53. The minimum Gasteiger partial charge on any atom is -0.372 e. The van der Waals surface area contributed by atoms with Crippen LogP contribution in [0, 0.1) is 0 Å². The summed E-state index contributed by atoms with van der Waals surface area (Å²) in [7, 11) is 1.99. The van der Waals surface area contributed by atoms with Crippen molar-refractivity contribution in [2.75, 3.05) is 49.7 Å². The number of H-pyrrole nitrogens is 1. The van der Waals surface area contributed by atoms with Gasteiger partial charge in [-0.2, -0.15) is 0 Å². The number of hydrogen-bond acceptors (Lipinski definition) is 5. The lowest BCUT2D eigenvalue weighted by molar-refractivity contribution is 0.253. The third kappa shape index (κ3) is 5.18. The minimum atomic E-state index is -2.43. The maximum absolute atomic E-state index is 13.5. The van der Waals surface area contributed by atoms with E-state index in [4.69, 9.17) is 0 Å². The van der Waals surface area contributed by atoms with Crippen LogP contribution in [0.5, 0.6) is 0 Å². The number of aromatic amines is 1. The molecule has 2 N–H and O–H groups in total. The lowest BCUT2D eigenvalue weighted by atomic mass is 10.0. The highest BCUT2D eigenvalue weighted by atomic mass is 31.2. The molecule has 0 unspecified atom stereocenters. The summed E-state index contributed by atoms with van der Waals surface area (Å²) in [5.41, 5.74) is 6.11. The van der Waals surface area contributed by atoms with Crippen LogP contribution < -0.4 is 15.5 Å². The molecule has 0 bridgehead atoms. The normalized spacial score (nSPS) is 15.2. The van der Waals surface area contributed by atoms with Gasteiger partial charge in [0.05, 0.1) is 5.69 Å². The summed E-state index contributed by atoms with van der Waals surface area (Å²) < 4.78 is 13.5. The largest absolute Gasteiger partial charge is 0.372 e. The number of benzene rings is 2. The van der Waals surface area contributed by atoms with Crippen LogP contribution in [0.25, 0.3) is 22.3 Å². The molecule has 1 aliphatic heterocycles. The van der Waals surface area contributed by atoms with E-state index in [2.05, 4.69) is 69.5 Å². The standard InChI is InChI=1S/C30H38N5OP/c1-5-37(36,6-2)29-10-8-7-9-27(29)32-26-15-18-31-30-25(26)21-28(33-30)22-11-13-23(14-12-22)35(4)24-16-19-34(3)20-17-24/h7-15,18,21,24H,5-6,16-17,19-20H2,1-4H3,(H2,31,32,33). The van der Waals surface area contributed by atoms with Crippen molar-refractivity contribution < 1.29 is 4.57 Å². The molecule has 0 aliphatic carbocycles. The first-order valence-corrected chi connectivity index (χ1v) is 15.4. The lowest BCUT2D eigenvalue weighted by Gasteiger charge is -2.36. The molecule has 0 radical (unpaired) electrons. The van der Waals surface area contributed by atoms with Crippen LogP contribution in [0.4, 0.5) is 17.1 Å². The van der Waals surface area contributed by atoms with Crippen molar-refractivity contribution in [1.29, 1.82) is 0 Å². The van der Waals surface area contributed by atoms with Gasteiger partial charge in [-0.25, -0.2) is 4.98 Å². The molecule has 1 aliphatic rings. The lowest BCUT2D eigenvalue weighted by Crippen LogP contribution is -2.41. The summed E-state index contributed by atoms with van der Waals surface area (Å²) in [6, 6.07) is 21.5. The Morgan fingerprint density at radius 2 is 1.73 bits per heavy atom. The van der Waals surface area contributed by atoms with Crippen LogP contribution in [0.15, 0.2) is 66.9 Å². The quantitative estimate of drug-likeness (QED) is 0.261. The van der Waals surface area contributed by atoms with Gasteiger partial charge in [0, 0.05) is 59.4 Å². The van der Waals surface area contributed by atoms with Crippen molar-refractivity contribution in [1.82, 2.24) is 14.9 Å². The van der Waals surface area contributed by atoms with Gasteiger partial charge in [0.15, 0.2) is 0 Å². The number of hydrogen-bond donors (Lipinski definition) is 2. The second kappa shape index (κ2) is 10.7. The monoisotopic (exact) mass is 515 g/mol. The van der Waals surface area contributed by atoms with Gasteiger partial charge in [0.2, 0.25) is 0 Å². The molecule has 37 heavy (non-hydrogen) atoms. The number of likely N-dealkylation sites (tertiary alicyclic amines) is 1. The van der Waals surface area contributed by atoms with E-state index in [0.29, 0.717) is 18.4 Å². The summed E-state index contributed by atoms with van der Waals surface area (Å²) in [5, 5.41) is 5.51. The molecule has 5 rings (SSSR count). The van der Waals surface area contributed by atoms with Crippen molar-refractivity contribution in [2.24, 2.45) is 0 Å². The average molecular weight is 516 g/mol. The van der Waals surface area contributed by atoms with E-state index in [1.165, 1.54) is 18.5 Å². The van der Waals surface area contributed by atoms with Gasteiger partial charge in [-0.05, 0) is 74.9 Å². The Balaban J connectivity index is 1.41. The van der Waals surface area contributed by atoms with E-state index in [1.807, 2.05) is 50.4 Å². The number of aromatic nitrogens is 2. The second-order valence-corrected chi connectivity index (χ2v) is 13.7. The van der Waals surface area contributed by atoms with Crippen LogP contribution in [0.1, 0.15) is 26.7 Å². The fourth-order valence-corrected chi connectivity index (χ4v) is 7.46. The smallest absolute Gasteiger partial charge is 0.139 e. The molecular formula is C30H38N5OP. The van der Waals surface area contributed by atoms with Gasteiger partial charge in [-0.1, -0.05) is 38.1 Å². The molecule has 0 atom stereocenters. The van der Waals surface area contributed by atoms with E-state index in [-0.39, 0.29) is 0 Å². The van der Waals surface area contributed by atoms with Crippen molar-refractivity contribution in [2.45, 2.75) is 32.7 Å². The summed E-state index contributed by atoms with van der Waals surface area (Å²) in [5.74, 6) is 0. The number of nitrogens with zero attached hydrogens (tertiary/aromatic N) is 3. The zero-order valence-electron chi connectivity index (χ0n) is 22.4. The molecule has 6 nitrogen and oxygen atoms in total. The molecule has 1 fully saturated rings. The van der Waals surface area contributed by atoms with Crippen LogP contribution in [0.2, 0.25) is 0 Å². The van der Waals surface area contributed by atoms with Gasteiger partial charge in [-0.3, -0.25) is 0 Å². The number of piperidine rings is 1. The summed E-state index contributed by atoms with van der Waals surface area (Å²) >= 11 is 0. The van der Waals surface area contributed by atoms with Crippen molar-refractivity contribution in [3.05, 3.63) is 66.9 Å². The fourth-order valence-electron chi connectivity index (χ4n) is 5.40. The van der Waals surface area contributed by atoms with Crippen LogP contribution in [-0.4, -0.2) is 60.4 Å². The van der Waals surface area contributed by atoms with Crippen molar-refractivity contribution in [3.8, 4) is 11.3 Å². The minimum absolute atomic E-state index is 0.589. The molecule has 7 heteroatoms. The van der Waals surface area contributed by atoms with Crippen LogP contribution in [0.3, 0.4) is 0 Å². The number of fused-ring (bicyclic) bond motifs is 1. The first kappa shape index (κ1) is 25.6. The molecule has 1 saturated heterocycles. The third-order valence-electron chi connectivity index (χ3n) is 7.99. The Kier molecular flexibility index (Phi) is 7.41. The Labute approximate surface area is 220 Å². The SMILES string of the molecule is CCP(=O)(CC)c1ccccc1Nc1ccnc2[nH]c(-c3ccc(N(C)C4CCN(C)CC4)cc3)cc12.